The Morgan fingerprint density at radius 2 is 2.02 bits per heavy atom. The van der Waals surface area contributed by atoms with Gasteiger partial charge in [-0.25, -0.2) is 8.62 Å². The average molecular weight is 662 g/mol. The summed E-state index contributed by atoms with van der Waals surface area (Å²) in [4.78, 5) is 61.9. The Labute approximate surface area is 234 Å². The fourth-order valence-electron chi connectivity index (χ4n) is 3.65. The molecule has 1 fully saturated rings. The molecule has 0 aliphatic carbocycles. The molecule has 6 N–H and O–H groups in total. The largest absolute Gasteiger partial charge is 0.756 e. The predicted molar refractivity (Wildman–Crippen MR) is 138 cm³/mol. The van der Waals surface area contributed by atoms with Gasteiger partial charge in [-0.05, 0) is 13.2 Å². The lowest BCUT2D eigenvalue weighted by molar-refractivity contribution is -0.250. The molecule has 2 aromatic rings. The van der Waals surface area contributed by atoms with E-state index < -0.39 is 59.5 Å². The first-order valence-corrected chi connectivity index (χ1v) is 17.9. The van der Waals surface area contributed by atoms with E-state index in [2.05, 4.69) is 35.0 Å². The SMILES string of the molecule is CSS[C@@H](C)O[C@@H]1C[C@H](n2cc(C#CCN)c3c(=O)[nH]c(N)nc32)O[C@@H]1COP(=O)([O-])OP(=O)([O-])OP(=O)([O-])O. The molecule has 0 amide bonds. The first-order chi connectivity index (χ1) is 18.5. The van der Waals surface area contributed by atoms with Crippen LogP contribution in [0.15, 0.2) is 11.0 Å². The van der Waals surface area contributed by atoms with Gasteiger partial charge in [-0.2, -0.15) is 4.98 Å². The molecule has 3 heterocycles. The van der Waals surface area contributed by atoms with Gasteiger partial charge in [0.2, 0.25) is 5.95 Å². The number of nitrogens with one attached hydrogen (secondary N) is 1. The fraction of sp³-hybridized carbons (Fsp3) is 0.529. The summed E-state index contributed by atoms with van der Waals surface area (Å²) in [7, 11) is -15.0. The van der Waals surface area contributed by atoms with Gasteiger partial charge in [0.15, 0.2) is 5.65 Å². The maximum atomic E-state index is 12.6. The van der Waals surface area contributed by atoms with Crippen LogP contribution in [0.1, 0.15) is 25.1 Å². The number of H-pyrrole nitrogens is 1. The van der Waals surface area contributed by atoms with E-state index in [-0.39, 0.29) is 35.5 Å². The summed E-state index contributed by atoms with van der Waals surface area (Å²) in [6, 6.07) is 0. The zero-order valence-corrected chi connectivity index (χ0v) is 24.9. The number of phosphoric ester groups is 1. The van der Waals surface area contributed by atoms with Crippen molar-refractivity contribution in [3.8, 4) is 11.8 Å². The van der Waals surface area contributed by atoms with E-state index in [1.54, 1.807) is 6.92 Å². The second kappa shape index (κ2) is 13.4. The lowest BCUT2D eigenvalue weighted by Crippen LogP contribution is -2.31. The number of nitrogens with zero attached hydrogens (tertiary/aromatic N) is 2. The van der Waals surface area contributed by atoms with Crippen LogP contribution in [0, 0.1) is 11.8 Å². The van der Waals surface area contributed by atoms with Crippen LogP contribution in [0.25, 0.3) is 11.0 Å². The number of hydrogen-bond donors (Lipinski definition) is 4. The van der Waals surface area contributed by atoms with Crippen molar-refractivity contribution < 1.29 is 55.9 Å². The van der Waals surface area contributed by atoms with E-state index >= 15 is 0 Å². The number of aromatic amines is 1. The summed E-state index contributed by atoms with van der Waals surface area (Å²) in [5.41, 5.74) is 10.6. The second-order valence-corrected chi connectivity index (χ2v) is 14.9. The third-order valence-electron chi connectivity index (χ3n) is 4.91. The Bertz CT molecular complexity index is 1490. The Hall–Kier alpha value is -1.23. The molecule has 40 heavy (non-hydrogen) atoms. The summed E-state index contributed by atoms with van der Waals surface area (Å²) in [5, 5.41) is 0.102. The van der Waals surface area contributed by atoms with E-state index in [4.69, 9.17) is 25.8 Å². The van der Waals surface area contributed by atoms with Gasteiger partial charge < -0.3 is 49.6 Å². The molecule has 7 atom stereocenters. The number of aromatic nitrogens is 3. The number of nitrogen functional groups attached to an aromatic ring is 1. The number of rotatable bonds is 12. The normalized spacial score (nSPS) is 24.5. The van der Waals surface area contributed by atoms with Crippen LogP contribution < -0.4 is 31.7 Å². The van der Waals surface area contributed by atoms with Crippen LogP contribution in [0.4, 0.5) is 5.95 Å². The number of anilines is 1. The lowest BCUT2D eigenvalue weighted by atomic mass is 10.2. The number of hydrogen-bond acceptors (Lipinski definition) is 17. The van der Waals surface area contributed by atoms with E-state index in [0.717, 1.165) is 0 Å². The first kappa shape index (κ1) is 33.3. The topological polar surface area (TPSA) is 289 Å². The van der Waals surface area contributed by atoms with Crippen LogP contribution in [0.3, 0.4) is 0 Å². The zero-order chi connectivity index (χ0) is 29.9. The van der Waals surface area contributed by atoms with Crippen molar-refractivity contribution in [3.63, 3.8) is 0 Å². The van der Waals surface area contributed by atoms with Gasteiger partial charge in [-0.15, -0.1) is 0 Å². The van der Waals surface area contributed by atoms with Gasteiger partial charge in [0.1, 0.15) is 17.8 Å². The Morgan fingerprint density at radius 3 is 2.65 bits per heavy atom. The standard InChI is InChI=1S/C17H26N5O13P3S2/c1-9(40-39-2)32-11-6-13(22-7-10(4-3-5-18)14-15(22)20-17(19)21-16(14)23)33-12(11)8-31-37(27,28)35-38(29,30)34-36(24,25)26/h7,9,11-13H,5-6,8,18H2,1-2H3,(H,27,28)(H,29,30)(H2,24,25,26)(H3,19,20,21,23)/p-3/t9-,11+,12+,13+/m0/s1. The minimum Gasteiger partial charge on any atom is -0.756 e. The number of ether oxygens (including phenoxy) is 2. The molecule has 0 saturated carbocycles. The minimum atomic E-state index is -6.08. The van der Waals surface area contributed by atoms with E-state index in [0.29, 0.717) is 0 Å². The van der Waals surface area contributed by atoms with Gasteiger partial charge in [0, 0.05) is 12.6 Å². The molecule has 0 bridgehead atoms. The molecule has 0 aromatic carbocycles. The first-order valence-electron chi connectivity index (χ1n) is 10.9. The van der Waals surface area contributed by atoms with Crippen molar-refractivity contribution in [1.82, 2.24) is 14.5 Å². The fourth-order valence-corrected chi connectivity index (χ4v) is 7.96. The molecular weight excluding hydrogens is 639 g/mol. The maximum Gasteiger partial charge on any atom is 0.280 e. The highest BCUT2D eigenvalue weighted by atomic mass is 33.1. The molecule has 23 heteroatoms. The molecule has 2 aromatic heterocycles. The molecule has 0 radical (unpaired) electrons. The van der Waals surface area contributed by atoms with Crippen molar-refractivity contribution >= 4 is 62.0 Å². The lowest BCUT2D eigenvalue weighted by Gasteiger charge is -2.33. The van der Waals surface area contributed by atoms with E-state index in [1.165, 1.54) is 32.4 Å². The molecule has 3 unspecified atom stereocenters. The van der Waals surface area contributed by atoms with Crippen LogP contribution in [-0.4, -0.2) is 56.5 Å². The summed E-state index contributed by atoms with van der Waals surface area (Å²) < 4.78 is 59.1. The molecule has 18 nitrogen and oxygen atoms in total. The van der Waals surface area contributed by atoms with Crippen LogP contribution in [0.5, 0.6) is 0 Å². The molecule has 1 saturated heterocycles. The van der Waals surface area contributed by atoms with Gasteiger partial charge in [-0.1, -0.05) is 33.4 Å². The van der Waals surface area contributed by atoms with Gasteiger partial charge in [0.05, 0.1) is 30.2 Å². The molecule has 1 aliphatic rings. The molecule has 224 valence electrons. The van der Waals surface area contributed by atoms with Crippen molar-refractivity contribution in [2.75, 3.05) is 25.1 Å². The summed E-state index contributed by atoms with van der Waals surface area (Å²) >= 11 is 0. The zero-order valence-electron chi connectivity index (χ0n) is 20.6. The van der Waals surface area contributed by atoms with Gasteiger partial charge in [-0.3, -0.25) is 23.5 Å². The summed E-state index contributed by atoms with van der Waals surface area (Å²) in [6.45, 7) is 0.890. The van der Waals surface area contributed by atoms with E-state index in [9.17, 15) is 33.2 Å². The third-order valence-corrected chi connectivity index (χ3v) is 10.6. The van der Waals surface area contributed by atoms with Crippen molar-refractivity contribution in [2.24, 2.45) is 5.73 Å². The Kier molecular flexibility index (Phi) is 11.1. The van der Waals surface area contributed by atoms with Crippen molar-refractivity contribution in [3.05, 3.63) is 22.1 Å². The summed E-state index contributed by atoms with van der Waals surface area (Å²) in [6.07, 6.45) is 0.437. The average Bonchev–Trinajstić information content (AvgIpc) is 3.35. The van der Waals surface area contributed by atoms with Gasteiger partial charge in [0.25, 0.3) is 29.0 Å². The van der Waals surface area contributed by atoms with Crippen LogP contribution in [0.2, 0.25) is 0 Å². The number of nitrogens with two attached hydrogens (primary N) is 2. The minimum absolute atomic E-state index is 0.0105. The van der Waals surface area contributed by atoms with Crippen LogP contribution in [-0.2, 0) is 36.3 Å². The molecule has 3 rings (SSSR count). The highest BCUT2D eigenvalue weighted by Crippen LogP contribution is 2.61. The van der Waals surface area contributed by atoms with Gasteiger partial charge >= 0.3 is 0 Å². The molecular formula is C17H23N5O13P3S2-3. The monoisotopic (exact) mass is 662 g/mol. The number of fused-ring (bicyclic) bond motifs is 1. The highest BCUT2D eigenvalue weighted by Gasteiger charge is 2.40. The van der Waals surface area contributed by atoms with E-state index in [1.807, 2.05) is 6.26 Å². The Morgan fingerprint density at radius 1 is 1.32 bits per heavy atom. The molecule has 0 spiro atoms. The smallest absolute Gasteiger partial charge is 0.280 e. The Balaban J connectivity index is 1.89. The van der Waals surface area contributed by atoms with Crippen LogP contribution >= 0.6 is 45.1 Å². The molecule has 1 aliphatic heterocycles. The predicted octanol–water partition coefficient (Wildman–Crippen LogP) is -0.906. The highest BCUT2D eigenvalue weighted by molar-refractivity contribution is 8.76. The second-order valence-electron chi connectivity index (χ2n) is 7.80. The quantitative estimate of drug-likeness (QED) is 0.0926. The van der Waals surface area contributed by atoms with Crippen molar-refractivity contribution in [2.45, 2.75) is 37.2 Å². The summed E-state index contributed by atoms with van der Waals surface area (Å²) in [5.74, 6) is 5.22. The third kappa shape index (κ3) is 9.13. The van der Waals surface area contributed by atoms with Crippen molar-refractivity contribution in [1.29, 1.82) is 0 Å². The number of phosphoric acid groups is 3. The maximum absolute atomic E-state index is 12.6.